The van der Waals surface area contributed by atoms with Crippen LogP contribution in [-0.2, 0) is 0 Å². The van der Waals surface area contributed by atoms with Crippen LogP contribution in [0.3, 0.4) is 0 Å². The summed E-state index contributed by atoms with van der Waals surface area (Å²) in [6.45, 7) is 4.81. The molecule has 1 fully saturated rings. The topological polar surface area (TPSA) is 53.7 Å². The Hall–Kier alpha value is -2.24. The van der Waals surface area contributed by atoms with Gasteiger partial charge >= 0.3 is 0 Å². The predicted molar refractivity (Wildman–Crippen MR) is 102 cm³/mol. The van der Waals surface area contributed by atoms with Gasteiger partial charge in [-0.05, 0) is 43.6 Å². The number of aliphatic hydroxyl groups is 1. The highest BCUT2D eigenvalue weighted by Gasteiger charge is 2.27. The molecule has 2 aromatic heterocycles. The summed E-state index contributed by atoms with van der Waals surface area (Å²) >= 11 is 0. The van der Waals surface area contributed by atoms with Crippen molar-refractivity contribution < 1.29 is 5.11 Å². The molecular formula is C21H26N4O. The Morgan fingerprint density at radius 3 is 2.54 bits per heavy atom. The number of pyridine rings is 1. The van der Waals surface area contributed by atoms with E-state index < -0.39 is 0 Å². The van der Waals surface area contributed by atoms with Crippen molar-refractivity contribution in [2.45, 2.75) is 37.7 Å². The van der Waals surface area contributed by atoms with Crippen LogP contribution in [0.5, 0.6) is 0 Å². The minimum atomic E-state index is -0.345. The Morgan fingerprint density at radius 1 is 1.04 bits per heavy atom. The molecule has 0 aliphatic carbocycles. The van der Waals surface area contributed by atoms with Gasteiger partial charge in [0.25, 0.3) is 0 Å². The third kappa shape index (κ3) is 3.50. The summed E-state index contributed by atoms with van der Waals surface area (Å²) in [6.07, 6.45) is 3.81. The van der Waals surface area contributed by atoms with Crippen LogP contribution < -0.4 is 0 Å². The van der Waals surface area contributed by atoms with Gasteiger partial charge in [-0.25, -0.2) is 0 Å². The number of aromatic nitrogens is 3. The van der Waals surface area contributed by atoms with Crippen molar-refractivity contribution in [2.24, 2.45) is 0 Å². The maximum Gasteiger partial charge on any atom is 0.160 e. The summed E-state index contributed by atoms with van der Waals surface area (Å²) in [4.78, 5) is 2.38. The van der Waals surface area contributed by atoms with Gasteiger partial charge in [-0.2, -0.15) is 0 Å². The first-order valence-electron chi connectivity index (χ1n) is 9.47. The Kier molecular flexibility index (Phi) is 5.00. The zero-order valence-corrected chi connectivity index (χ0v) is 15.2. The molecule has 4 rings (SSSR count). The summed E-state index contributed by atoms with van der Waals surface area (Å²) < 4.78 is 2.10. The van der Waals surface area contributed by atoms with Crippen LogP contribution in [0, 0.1) is 0 Å². The van der Waals surface area contributed by atoms with E-state index in [1.165, 1.54) is 5.56 Å². The highest BCUT2D eigenvalue weighted by molar-refractivity contribution is 5.37. The van der Waals surface area contributed by atoms with Gasteiger partial charge in [0.05, 0.1) is 6.10 Å². The van der Waals surface area contributed by atoms with Gasteiger partial charge < -0.3 is 10.0 Å². The Morgan fingerprint density at radius 2 is 1.77 bits per heavy atom. The molecule has 1 aromatic carbocycles. The number of piperidine rings is 1. The standard InChI is InChI=1S/C21H26N4O/c1-16(17-7-3-2-4-8-17)19(26)15-24-13-10-18(11-14-24)21-23-22-20-9-5-6-12-25(20)21/h2-9,12,16,18-19,26H,10-11,13-15H2,1H3. The third-order valence-corrected chi connectivity index (χ3v) is 5.64. The Balaban J connectivity index is 1.35. The van der Waals surface area contributed by atoms with Gasteiger partial charge in [-0.1, -0.05) is 43.3 Å². The van der Waals surface area contributed by atoms with E-state index in [4.69, 9.17) is 0 Å². The fourth-order valence-electron chi connectivity index (χ4n) is 3.91. The first-order valence-corrected chi connectivity index (χ1v) is 9.47. The number of likely N-dealkylation sites (tertiary alicyclic amines) is 1. The van der Waals surface area contributed by atoms with Crippen LogP contribution in [0.15, 0.2) is 54.7 Å². The predicted octanol–water partition coefficient (Wildman–Crippen LogP) is 3.07. The quantitative estimate of drug-likeness (QED) is 0.768. The average molecular weight is 350 g/mol. The number of β-amino-alcohol motifs (C(OH)–C–C–N with tert-alkyl or cyclic N) is 1. The highest BCUT2D eigenvalue weighted by Crippen LogP contribution is 2.28. The summed E-state index contributed by atoms with van der Waals surface area (Å²) in [7, 11) is 0. The maximum atomic E-state index is 10.6. The van der Waals surface area contributed by atoms with Crippen LogP contribution in [0.2, 0.25) is 0 Å². The first kappa shape index (κ1) is 17.2. The molecule has 3 heterocycles. The fraction of sp³-hybridized carbons (Fsp3) is 0.429. The third-order valence-electron chi connectivity index (χ3n) is 5.64. The molecule has 0 bridgehead atoms. The van der Waals surface area contributed by atoms with Gasteiger partial charge in [0.15, 0.2) is 5.65 Å². The summed E-state index contributed by atoms with van der Waals surface area (Å²) in [5, 5.41) is 19.3. The van der Waals surface area contributed by atoms with E-state index >= 15 is 0 Å². The Labute approximate surface area is 154 Å². The van der Waals surface area contributed by atoms with Gasteiger partial charge in [-0.15, -0.1) is 10.2 Å². The maximum absolute atomic E-state index is 10.6. The number of nitrogens with zero attached hydrogens (tertiary/aromatic N) is 4. The number of hydrogen-bond donors (Lipinski definition) is 1. The lowest BCUT2D eigenvalue weighted by atomic mass is 9.92. The van der Waals surface area contributed by atoms with Crippen LogP contribution in [0.1, 0.15) is 43.0 Å². The van der Waals surface area contributed by atoms with Crippen LogP contribution in [0.4, 0.5) is 0 Å². The second kappa shape index (κ2) is 7.56. The molecule has 5 heteroatoms. The Bertz CT molecular complexity index is 839. The molecule has 0 saturated carbocycles. The van der Waals surface area contributed by atoms with Crippen molar-refractivity contribution in [3.05, 3.63) is 66.1 Å². The first-order chi connectivity index (χ1) is 12.7. The van der Waals surface area contributed by atoms with Crippen molar-refractivity contribution in [2.75, 3.05) is 19.6 Å². The number of rotatable bonds is 5. The lowest BCUT2D eigenvalue weighted by molar-refractivity contribution is 0.0808. The van der Waals surface area contributed by atoms with Crippen LogP contribution in [-0.4, -0.2) is 50.3 Å². The molecule has 0 spiro atoms. The minimum Gasteiger partial charge on any atom is -0.391 e. The molecule has 1 saturated heterocycles. The molecule has 136 valence electrons. The second-order valence-electron chi connectivity index (χ2n) is 7.33. The van der Waals surface area contributed by atoms with Crippen LogP contribution >= 0.6 is 0 Å². The molecule has 3 aromatic rings. The van der Waals surface area contributed by atoms with Crippen molar-refractivity contribution in [3.8, 4) is 0 Å². The highest BCUT2D eigenvalue weighted by atomic mass is 16.3. The fourth-order valence-corrected chi connectivity index (χ4v) is 3.91. The van der Waals surface area contributed by atoms with Gasteiger partial charge in [0.2, 0.25) is 0 Å². The van der Waals surface area contributed by atoms with E-state index in [0.29, 0.717) is 5.92 Å². The van der Waals surface area contributed by atoms with Gasteiger partial charge in [0, 0.05) is 24.6 Å². The average Bonchev–Trinajstić information content (AvgIpc) is 3.13. The van der Waals surface area contributed by atoms with Crippen molar-refractivity contribution in [1.82, 2.24) is 19.5 Å². The zero-order valence-electron chi connectivity index (χ0n) is 15.2. The monoisotopic (exact) mass is 350 g/mol. The van der Waals surface area contributed by atoms with E-state index in [1.807, 2.05) is 42.6 Å². The largest absolute Gasteiger partial charge is 0.391 e. The molecule has 2 unspecified atom stereocenters. The molecule has 0 radical (unpaired) electrons. The zero-order chi connectivity index (χ0) is 17.9. The van der Waals surface area contributed by atoms with Crippen molar-refractivity contribution in [3.63, 3.8) is 0 Å². The van der Waals surface area contributed by atoms with E-state index in [2.05, 4.69) is 38.6 Å². The number of hydrogen-bond acceptors (Lipinski definition) is 4. The lowest BCUT2D eigenvalue weighted by Gasteiger charge is -2.33. The van der Waals surface area contributed by atoms with Crippen molar-refractivity contribution in [1.29, 1.82) is 0 Å². The lowest BCUT2D eigenvalue weighted by Crippen LogP contribution is -2.40. The number of aliphatic hydroxyl groups excluding tert-OH is 1. The van der Waals surface area contributed by atoms with Gasteiger partial charge in [0.1, 0.15) is 5.82 Å². The SMILES string of the molecule is CC(c1ccccc1)C(O)CN1CCC(c2nnc3ccccn23)CC1. The smallest absolute Gasteiger partial charge is 0.160 e. The summed E-state index contributed by atoms with van der Waals surface area (Å²) in [6, 6.07) is 16.3. The molecule has 0 amide bonds. The normalized spacial score (nSPS) is 18.8. The molecule has 26 heavy (non-hydrogen) atoms. The summed E-state index contributed by atoms with van der Waals surface area (Å²) in [5.74, 6) is 1.65. The second-order valence-corrected chi connectivity index (χ2v) is 7.33. The molecule has 5 nitrogen and oxygen atoms in total. The summed E-state index contributed by atoms with van der Waals surface area (Å²) in [5.41, 5.74) is 2.11. The molecule has 1 aliphatic rings. The van der Waals surface area contributed by atoms with E-state index in [0.717, 1.165) is 43.9 Å². The van der Waals surface area contributed by atoms with Crippen LogP contribution in [0.25, 0.3) is 5.65 Å². The van der Waals surface area contributed by atoms with E-state index in [1.54, 1.807) is 0 Å². The number of benzene rings is 1. The molecule has 2 atom stereocenters. The minimum absolute atomic E-state index is 0.148. The molecular weight excluding hydrogens is 324 g/mol. The molecule has 1 N–H and O–H groups in total. The van der Waals surface area contributed by atoms with E-state index in [9.17, 15) is 5.11 Å². The van der Waals surface area contributed by atoms with E-state index in [-0.39, 0.29) is 12.0 Å². The van der Waals surface area contributed by atoms with Crippen molar-refractivity contribution >= 4 is 5.65 Å². The van der Waals surface area contributed by atoms with Gasteiger partial charge in [-0.3, -0.25) is 4.40 Å². The number of fused-ring (bicyclic) bond motifs is 1. The molecule has 1 aliphatic heterocycles.